The number of carbonyl (C=O) groups is 2. The number of rotatable bonds is 6. The third-order valence-electron chi connectivity index (χ3n) is 5.25. The molecule has 1 aliphatic carbocycles. The first kappa shape index (κ1) is 17.4. The minimum Gasteiger partial charge on any atom is -0.397 e. The second-order valence-electron chi connectivity index (χ2n) is 7.41. The highest BCUT2D eigenvalue weighted by Gasteiger charge is 2.32. The molecule has 140 valence electrons. The molecule has 2 aliphatic rings. The van der Waals surface area contributed by atoms with Crippen molar-refractivity contribution in [1.29, 1.82) is 0 Å². The van der Waals surface area contributed by atoms with E-state index in [1.807, 2.05) is 36.4 Å². The van der Waals surface area contributed by atoms with Crippen LogP contribution in [0.15, 0.2) is 42.5 Å². The third-order valence-corrected chi connectivity index (χ3v) is 5.25. The molecule has 0 unspecified atom stereocenters. The van der Waals surface area contributed by atoms with Crippen LogP contribution in [0.25, 0.3) is 11.1 Å². The van der Waals surface area contributed by atoms with Gasteiger partial charge in [-0.05, 0) is 47.6 Å². The van der Waals surface area contributed by atoms with Crippen LogP contribution in [0.1, 0.15) is 18.4 Å². The van der Waals surface area contributed by atoms with Crippen molar-refractivity contribution < 1.29 is 9.59 Å². The van der Waals surface area contributed by atoms with E-state index in [4.69, 9.17) is 5.73 Å². The van der Waals surface area contributed by atoms with Crippen LogP contribution in [0.4, 0.5) is 16.2 Å². The van der Waals surface area contributed by atoms with Crippen LogP contribution in [0.3, 0.4) is 0 Å². The molecule has 1 aliphatic heterocycles. The summed E-state index contributed by atoms with van der Waals surface area (Å²) in [6.45, 7) is 1.56. The smallest absolute Gasteiger partial charge is 0.327 e. The molecule has 6 heteroatoms. The zero-order valence-corrected chi connectivity index (χ0v) is 15.4. The second kappa shape index (κ2) is 6.95. The maximum Gasteiger partial charge on any atom is 0.327 e. The van der Waals surface area contributed by atoms with E-state index in [0.29, 0.717) is 6.54 Å². The number of benzene rings is 2. The molecule has 1 heterocycles. The summed E-state index contributed by atoms with van der Waals surface area (Å²) in [4.78, 5) is 26.3. The lowest BCUT2D eigenvalue weighted by Gasteiger charge is -2.15. The highest BCUT2D eigenvalue weighted by molar-refractivity contribution is 6.01. The molecule has 0 radical (unpaired) electrons. The van der Waals surface area contributed by atoms with Crippen LogP contribution < -0.4 is 11.1 Å². The molecule has 0 atom stereocenters. The van der Waals surface area contributed by atoms with Gasteiger partial charge in [-0.2, -0.15) is 0 Å². The number of likely N-dealkylation sites (N-methyl/N-ethyl adjacent to an activating group) is 1. The molecule has 2 aromatic rings. The molecule has 2 fully saturated rings. The van der Waals surface area contributed by atoms with Crippen molar-refractivity contribution in [2.45, 2.75) is 19.4 Å². The summed E-state index contributed by atoms with van der Waals surface area (Å²) in [5.41, 5.74) is 11.1. The minimum atomic E-state index is -0.244. The molecule has 3 amide bonds. The number of nitrogen functional groups attached to an aromatic ring is 1. The van der Waals surface area contributed by atoms with E-state index < -0.39 is 0 Å². The van der Waals surface area contributed by atoms with E-state index in [2.05, 4.69) is 11.4 Å². The van der Waals surface area contributed by atoms with Crippen molar-refractivity contribution >= 4 is 23.3 Å². The van der Waals surface area contributed by atoms with Gasteiger partial charge in [0, 0.05) is 20.1 Å². The number of urea groups is 1. The van der Waals surface area contributed by atoms with Crippen LogP contribution >= 0.6 is 0 Å². The van der Waals surface area contributed by atoms with Gasteiger partial charge in [-0.25, -0.2) is 4.79 Å². The Morgan fingerprint density at radius 2 is 1.78 bits per heavy atom. The van der Waals surface area contributed by atoms with Gasteiger partial charge in [-0.3, -0.25) is 9.69 Å². The molecule has 1 saturated heterocycles. The topological polar surface area (TPSA) is 78.7 Å². The van der Waals surface area contributed by atoms with Crippen LogP contribution in [-0.2, 0) is 11.3 Å². The molecule has 3 N–H and O–H groups in total. The summed E-state index contributed by atoms with van der Waals surface area (Å²) < 4.78 is 0. The lowest BCUT2D eigenvalue weighted by Crippen LogP contribution is -2.29. The summed E-state index contributed by atoms with van der Waals surface area (Å²) in [5.74, 6) is 0.636. The zero-order valence-electron chi connectivity index (χ0n) is 15.4. The largest absolute Gasteiger partial charge is 0.397 e. The maximum absolute atomic E-state index is 12.0. The van der Waals surface area contributed by atoms with Gasteiger partial charge >= 0.3 is 6.03 Å². The predicted molar refractivity (Wildman–Crippen MR) is 106 cm³/mol. The number of amides is 3. The molecule has 0 bridgehead atoms. The first-order chi connectivity index (χ1) is 13.0. The second-order valence-corrected chi connectivity index (χ2v) is 7.41. The molecule has 27 heavy (non-hydrogen) atoms. The third kappa shape index (κ3) is 3.74. The van der Waals surface area contributed by atoms with Gasteiger partial charge < -0.3 is 16.0 Å². The Hall–Kier alpha value is -3.02. The van der Waals surface area contributed by atoms with E-state index in [9.17, 15) is 9.59 Å². The first-order valence-corrected chi connectivity index (χ1v) is 9.29. The van der Waals surface area contributed by atoms with Gasteiger partial charge in [-0.1, -0.05) is 30.3 Å². The maximum atomic E-state index is 12.0. The zero-order chi connectivity index (χ0) is 19.0. The SMILES string of the molecule is CN1C(=O)CN(Cc2ccc(-c3ccc(NCC4CC4)c(N)c3)cc2)C1=O. The first-order valence-electron chi connectivity index (χ1n) is 9.29. The lowest BCUT2D eigenvalue weighted by molar-refractivity contribution is -0.124. The van der Waals surface area contributed by atoms with Gasteiger partial charge in [0.25, 0.3) is 0 Å². The van der Waals surface area contributed by atoms with Crippen LogP contribution in [-0.4, -0.2) is 41.9 Å². The normalized spacial score (nSPS) is 16.9. The van der Waals surface area contributed by atoms with E-state index in [1.54, 1.807) is 4.90 Å². The number of nitrogens with one attached hydrogen (secondary N) is 1. The number of nitrogens with two attached hydrogens (primary N) is 1. The summed E-state index contributed by atoms with van der Waals surface area (Å²) >= 11 is 0. The molecule has 6 nitrogen and oxygen atoms in total. The number of nitrogens with zero attached hydrogens (tertiary/aromatic N) is 2. The van der Waals surface area contributed by atoms with Crippen LogP contribution in [0, 0.1) is 5.92 Å². The van der Waals surface area contributed by atoms with E-state index in [-0.39, 0.29) is 18.5 Å². The summed E-state index contributed by atoms with van der Waals surface area (Å²) in [6.07, 6.45) is 2.62. The van der Waals surface area contributed by atoms with Gasteiger partial charge in [0.1, 0.15) is 6.54 Å². The number of hydrogen-bond donors (Lipinski definition) is 2. The minimum absolute atomic E-state index is 0.142. The van der Waals surface area contributed by atoms with Gasteiger partial charge in [0.2, 0.25) is 5.91 Å². The van der Waals surface area contributed by atoms with Crippen molar-refractivity contribution in [3.05, 3.63) is 48.0 Å². The van der Waals surface area contributed by atoms with Crippen LogP contribution in [0.2, 0.25) is 0 Å². The fourth-order valence-corrected chi connectivity index (χ4v) is 3.28. The number of imide groups is 1. The van der Waals surface area contributed by atoms with Crippen LogP contribution in [0.5, 0.6) is 0 Å². The average molecular weight is 364 g/mol. The van der Waals surface area contributed by atoms with Crippen molar-refractivity contribution in [3.8, 4) is 11.1 Å². The molecular weight excluding hydrogens is 340 g/mol. The molecule has 1 saturated carbocycles. The quantitative estimate of drug-likeness (QED) is 0.610. The highest BCUT2D eigenvalue weighted by Crippen LogP contribution is 2.31. The molecule has 4 rings (SSSR count). The number of hydrogen-bond acceptors (Lipinski definition) is 4. The Balaban J connectivity index is 1.43. The average Bonchev–Trinajstić information content (AvgIpc) is 3.46. The Kier molecular flexibility index (Phi) is 4.48. The van der Waals surface area contributed by atoms with Gasteiger partial charge in [-0.15, -0.1) is 0 Å². The van der Waals surface area contributed by atoms with E-state index in [1.165, 1.54) is 19.9 Å². The summed E-state index contributed by atoms with van der Waals surface area (Å²) in [6, 6.07) is 13.9. The van der Waals surface area contributed by atoms with Gasteiger partial charge in [0.15, 0.2) is 0 Å². The standard InChI is InChI=1S/C21H24N4O2/c1-24-20(26)13-25(21(24)27)12-15-4-6-16(7-5-15)17-8-9-19(18(22)10-17)23-11-14-2-3-14/h4-10,14,23H,2-3,11-13,22H2,1H3. The van der Waals surface area contributed by atoms with Gasteiger partial charge in [0.05, 0.1) is 11.4 Å². The highest BCUT2D eigenvalue weighted by atomic mass is 16.2. The molecule has 0 aromatic heterocycles. The Morgan fingerprint density at radius 3 is 2.37 bits per heavy atom. The molecule has 2 aromatic carbocycles. The van der Waals surface area contributed by atoms with Crippen molar-refractivity contribution in [2.24, 2.45) is 5.92 Å². The Bertz CT molecular complexity index is 874. The summed E-state index contributed by atoms with van der Waals surface area (Å²) in [7, 11) is 1.52. The van der Waals surface area contributed by atoms with Crippen molar-refractivity contribution in [3.63, 3.8) is 0 Å². The fraction of sp³-hybridized carbons (Fsp3) is 0.333. The molecular formula is C21H24N4O2. The Morgan fingerprint density at radius 1 is 1.07 bits per heavy atom. The predicted octanol–water partition coefficient (Wildman–Crippen LogP) is 3.15. The van der Waals surface area contributed by atoms with E-state index in [0.717, 1.165) is 45.4 Å². The monoisotopic (exact) mass is 364 g/mol. The lowest BCUT2D eigenvalue weighted by atomic mass is 10.0. The fourth-order valence-electron chi connectivity index (χ4n) is 3.28. The number of anilines is 2. The van der Waals surface area contributed by atoms with E-state index >= 15 is 0 Å². The number of carbonyl (C=O) groups excluding carboxylic acids is 2. The van der Waals surface area contributed by atoms with Crippen molar-refractivity contribution in [1.82, 2.24) is 9.80 Å². The molecule has 0 spiro atoms. The van der Waals surface area contributed by atoms with Crippen molar-refractivity contribution in [2.75, 3.05) is 31.2 Å². The Labute approximate surface area is 158 Å². The summed E-state index contributed by atoms with van der Waals surface area (Å²) in [5, 5.41) is 3.42.